The summed E-state index contributed by atoms with van der Waals surface area (Å²) < 4.78 is 13.5. The number of aryl methyl sites for hydroxylation is 1. The van der Waals surface area contributed by atoms with E-state index in [1.165, 1.54) is 12.1 Å². The second kappa shape index (κ2) is 11.4. The quantitative estimate of drug-likeness (QED) is 0.363. The van der Waals surface area contributed by atoms with Gasteiger partial charge in [-0.25, -0.2) is 4.39 Å². The van der Waals surface area contributed by atoms with E-state index in [0.29, 0.717) is 12.8 Å². The highest BCUT2D eigenvalue weighted by Gasteiger charge is 2.29. The Hall–Kier alpha value is -3.99. The van der Waals surface area contributed by atoms with Crippen molar-refractivity contribution in [1.82, 2.24) is 10.2 Å². The molecule has 0 aliphatic carbocycles. The molecule has 35 heavy (non-hydrogen) atoms. The minimum atomic E-state index is -0.688. The molecule has 0 unspecified atom stereocenters. The molecule has 0 aliphatic rings. The van der Waals surface area contributed by atoms with Gasteiger partial charge >= 0.3 is 0 Å². The fourth-order valence-corrected chi connectivity index (χ4v) is 4.40. The molecule has 4 rings (SSSR count). The van der Waals surface area contributed by atoms with Gasteiger partial charge in [-0.05, 0) is 46.0 Å². The maximum absolute atomic E-state index is 13.6. The third-order valence-electron chi connectivity index (χ3n) is 6.27. The first-order valence-electron chi connectivity index (χ1n) is 11.8. The van der Waals surface area contributed by atoms with Gasteiger partial charge in [-0.1, -0.05) is 84.9 Å². The van der Waals surface area contributed by atoms with Crippen LogP contribution in [0.5, 0.6) is 0 Å². The first-order valence-corrected chi connectivity index (χ1v) is 11.8. The molecule has 0 spiro atoms. The van der Waals surface area contributed by atoms with Crippen LogP contribution in [0.4, 0.5) is 4.39 Å². The number of carbonyl (C=O) groups excluding carboxylic acids is 2. The molecule has 0 aliphatic heterocycles. The topological polar surface area (TPSA) is 49.4 Å². The maximum atomic E-state index is 13.6. The zero-order valence-corrected chi connectivity index (χ0v) is 19.8. The molecule has 0 saturated carbocycles. The van der Waals surface area contributed by atoms with Crippen molar-refractivity contribution >= 4 is 22.6 Å². The normalized spacial score (nSPS) is 11.7. The van der Waals surface area contributed by atoms with Gasteiger partial charge in [0.05, 0.1) is 0 Å². The van der Waals surface area contributed by atoms with Crippen molar-refractivity contribution < 1.29 is 14.0 Å². The van der Waals surface area contributed by atoms with E-state index in [9.17, 15) is 14.0 Å². The largest absolute Gasteiger partial charge is 0.357 e. The van der Waals surface area contributed by atoms with Gasteiger partial charge < -0.3 is 10.2 Å². The lowest BCUT2D eigenvalue weighted by molar-refractivity contribution is -0.141. The number of nitrogens with zero attached hydrogens (tertiary/aromatic N) is 1. The third-order valence-corrected chi connectivity index (χ3v) is 6.27. The Balaban J connectivity index is 1.61. The van der Waals surface area contributed by atoms with Gasteiger partial charge in [0.25, 0.3) is 0 Å². The summed E-state index contributed by atoms with van der Waals surface area (Å²) in [6.45, 7) is 0.222. The molecule has 0 bridgehead atoms. The molecule has 178 valence electrons. The van der Waals surface area contributed by atoms with Gasteiger partial charge in [0, 0.05) is 26.4 Å². The Bertz CT molecular complexity index is 1280. The predicted molar refractivity (Wildman–Crippen MR) is 137 cm³/mol. The molecule has 0 fully saturated rings. The number of carbonyl (C=O) groups is 2. The molecule has 0 heterocycles. The standard InChI is InChI=1S/C30H29FN2O2/c1-32-30(35)28(20-22-8-3-2-4-9-22)33(21-23-14-17-26(31)18-15-23)29(34)19-16-25-12-7-11-24-10-5-6-13-27(24)25/h2-15,17-18,28H,16,19-21H2,1H3,(H,32,35)/t28-/m1/s1. The second-order valence-electron chi connectivity index (χ2n) is 8.61. The highest BCUT2D eigenvalue weighted by molar-refractivity contribution is 5.89. The van der Waals surface area contributed by atoms with Crippen molar-refractivity contribution in [3.8, 4) is 0 Å². The zero-order chi connectivity index (χ0) is 24.6. The predicted octanol–water partition coefficient (Wildman–Crippen LogP) is 5.30. The van der Waals surface area contributed by atoms with Gasteiger partial charge in [-0.2, -0.15) is 0 Å². The monoisotopic (exact) mass is 468 g/mol. The molecular weight excluding hydrogens is 439 g/mol. The van der Waals surface area contributed by atoms with Gasteiger partial charge in [0.1, 0.15) is 11.9 Å². The highest BCUT2D eigenvalue weighted by Crippen LogP contribution is 2.22. The van der Waals surface area contributed by atoms with Gasteiger partial charge in [0.2, 0.25) is 11.8 Å². The number of rotatable bonds is 9. The number of hydrogen-bond acceptors (Lipinski definition) is 2. The van der Waals surface area contributed by atoms with Crippen LogP contribution >= 0.6 is 0 Å². The average molecular weight is 469 g/mol. The van der Waals surface area contributed by atoms with Gasteiger partial charge in [-0.3, -0.25) is 9.59 Å². The van der Waals surface area contributed by atoms with E-state index in [1.54, 1.807) is 24.1 Å². The first kappa shape index (κ1) is 24.1. The fourth-order valence-electron chi connectivity index (χ4n) is 4.40. The Kier molecular flexibility index (Phi) is 7.88. The minimum absolute atomic E-state index is 0.119. The molecule has 1 atom stereocenters. The van der Waals surface area contributed by atoms with E-state index in [-0.39, 0.29) is 30.6 Å². The van der Waals surface area contributed by atoms with Crippen LogP contribution in [-0.4, -0.2) is 29.8 Å². The smallest absolute Gasteiger partial charge is 0.242 e. The Labute approximate surface area is 205 Å². The van der Waals surface area contributed by atoms with Crippen molar-refractivity contribution in [2.24, 2.45) is 0 Å². The molecule has 1 N–H and O–H groups in total. The fraction of sp³-hybridized carbons (Fsp3) is 0.200. The van der Waals surface area contributed by atoms with Crippen molar-refractivity contribution in [1.29, 1.82) is 0 Å². The van der Waals surface area contributed by atoms with E-state index in [2.05, 4.69) is 23.5 Å². The van der Waals surface area contributed by atoms with Crippen LogP contribution in [0.15, 0.2) is 97.1 Å². The second-order valence-corrected chi connectivity index (χ2v) is 8.61. The zero-order valence-electron chi connectivity index (χ0n) is 19.8. The summed E-state index contributed by atoms with van der Waals surface area (Å²) in [6.07, 6.45) is 1.21. The number of hydrogen-bond donors (Lipinski definition) is 1. The Morgan fingerprint density at radius 1 is 0.829 bits per heavy atom. The lowest BCUT2D eigenvalue weighted by Gasteiger charge is -2.31. The number of nitrogens with one attached hydrogen (secondary N) is 1. The van der Waals surface area contributed by atoms with E-state index < -0.39 is 6.04 Å². The number of likely N-dealkylation sites (N-methyl/N-ethyl adjacent to an activating group) is 1. The number of halogens is 1. The molecule has 2 amide bonds. The summed E-state index contributed by atoms with van der Waals surface area (Å²) in [6, 6.07) is 29.3. The Morgan fingerprint density at radius 3 is 2.26 bits per heavy atom. The summed E-state index contributed by atoms with van der Waals surface area (Å²) in [4.78, 5) is 28.3. The lowest BCUT2D eigenvalue weighted by Crippen LogP contribution is -2.49. The van der Waals surface area contributed by atoms with E-state index in [4.69, 9.17) is 0 Å². The lowest BCUT2D eigenvalue weighted by atomic mass is 9.99. The minimum Gasteiger partial charge on any atom is -0.357 e. The Morgan fingerprint density at radius 2 is 1.51 bits per heavy atom. The molecule has 0 saturated heterocycles. The van der Waals surface area contributed by atoms with Crippen LogP contribution in [0.1, 0.15) is 23.1 Å². The van der Waals surface area contributed by atoms with E-state index >= 15 is 0 Å². The molecule has 5 heteroatoms. The molecule has 0 aromatic heterocycles. The van der Waals surface area contributed by atoms with Crippen LogP contribution in [0.2, 0.25) is 0 Å². The van der Waals surface area contributed by atoms with Gasteiger partial charge in [0.15, 0.2) is 0 Å². The summed E-state index contributed by atoms with van der Waals surface area (Å²) >= 11 is 0. The van der Waals surface area contributed by atoms with Crippen LogP contribution in [0.3, 0.4) is 0 Å². The number of fused-ring (bicyclic) bond motifs is 1. The van der Waals surface area contributed by atoms with Crippen LogP contribution < -0.4 is 5.32 Å². The van der Waals surface area contributed by atoms with Crippen LogP contribution in [0.25, 0.3) is 10.8 Å². The molecule has 4 nitrogen and oxygen atoms in total. The van der Waals surface area contributed by atoms with Crippen molar-refractivity contribution in [3.63, 3.8) is 0 Å². The molecule has 0 radical (unpaired) electrons. The van der Waals surface area contributed by atoms with Crippen LogP contribution in [0, 0.1) is 5.82 Å². The summed E-state index contributed by atoms with van der Waals surface area (Å²) in [5.41, 5.74) is 2.83. The number of amides is 2. The summed E-state index contributed by atoms with van der Waals surface area (Å²) in [5.74, 6) is -0.684. The SMILES string of the molecule is CNC(=O)[C@@H](Cc1ccccc1)N(Cc1ccc(F)cc1)C(=O)CCc1cccc2ccccc12. The summed E-state index contributed by atoms with van der Waals surface area (Å²) in [5, 5.41) is 4.98. The first-order chi connectivity index (χ1) is 17.0. The van der Waals surface area contributed by atoms with Crippen molar-refractivity contribution in [3.05, 3.63) is 120 Å². The van der Waals surface area contributed by atoms with E-state index in [1.807, 2.05) is 54.6 Å². The van der Waals surface area contributed by atoms with Crippen molar-refractivity contribution in [2.45, 2.75) is 31.8 Å². The van der Waals surface area contributed by atoms with E-state index in [0.717, 1.165) is 27.5 Å². The van der Waals surface area contributed by atoms with Crippen molar-refractivity contribution in [2.75, 3.05) is 7.05 Å². The average Bonchev–Trinajstić information content (AvgIpc) is 2.90. The van der Waals surface area contributed by atoms with Crippen LogP contribution in [-0.2, 0) is 29.0 Å². The molecular formula is C30H29FN2O2. The molecule has 4 aromatic carbocycles. The van der Waals surface area contributed by atoms with Gasteiger partial charge in [-0.15, -0.1) is 0 Å². The summed E-state index contributed by atoms with van der Waals surface area (Å²) in [7, 11) is 1.58. The third kappa shape index (κ3) is 6.12. The highest BCUT2D eigenvalue weighted by atomic mass is 19.1. The number of benzene rings is 4. The maximum Gasteiger partial charge on any atom is 0.242 e. The molecule has 4 aromatic rings.